The maximum atomic E-state index is 12.5. The van der Waals surface area contributed by atoms with Crippen LogP contribution in [0.4, 0.5) is 0 Å². The monoisotopic (exact) mass is 406 g/mol. The molecule has 2 rings (SSSR count). The highest BCUT2D eigenvalue weighted by Crippen LogP contribution is 2.14. The van der Waals surface area contributed by atoms with Crippen LogP contribution >= 0.6 is 0 Å². The number of benzene rings is 2. The van der Waals surface area contributed by atoms with Gasteiger partial charge in [-0.1, -0.05) is 48.5 Å². The van der Waals surface area contributed by atoms with Crippen molar-refractivity contribution in [3.8, 4) is 5.75 Å². The van der Waals surface area contributed by atoms with E-state index in [1.165, 1.54) is 5.56 Å². The molecule has 2 aromatic carbocycles. The largest absolute Gasteiger partial charge is 0.508 e. The molecule has 5 heteroatoms. The van der Waals surface area contributed by atoms with Crippen molar-refractivity contribution >= 4 is 5.91 Å². The van der Waals surface area contributed by atoms with Gasteiger partial charge in [-0.2, -0.15) is 0 Å². The second-order valence-corrected chi connectivity index (χ2v) is 6.99. The van der Waals surface area contributed by atoms with E-state index in [1.54, 1.807) is 38.3 Å². The van der Waals surface area contributed by atoms with Crippen LogP contribution in [0.15, 0.2) is 84.3 Å². The number of likely N-dealkylation sites (N-methyl/N-ethyl adjacent to an activating group) is 1. The number of ether oxygens (including phenoxy) is 1. The zero-order valence-corrected chi connectivity index (χ0v) is 17.9. The summed E-state index contributed by atoms with van der Waals surface area (Å²) in [7, 11) is 1.78. The molecule has 0 aliphatic rings. The van der Waals surface area contributed by atoms with E-state index in [2.05, 4.69) is 17.2 Å². The fourth-order valence-electron chi connectivity index (χ4n) is 2.75. The van der Waals surface area contributed by atoms with Crippen molar-refractivity contribution in [3.05, 3.63) is 101 Å². The van der Waals surface area contributed by atoms with Crippen LogP contribution in [-0.2, 0) is 22.5 Å². The van der Waals surface area contributed by atoms with Crippen molar-refractivity contribution in [2.75, 3.05) is 13.7 Å². The molecule has 30 heavy (non-hydrogen) atoms. The zero-order valence-electron chi connectivity index (χ0n) is 17.9. The molecule has 1 amide bonds. The number of rotatable bonds is 10. The normalized spacial score (nSPS) is 12.0. The Kier molecular flexibility index (Phi) is 8.75. The van der Waals surface area contributed by atoms with Crippen molar-refractivity contribution in [1.82, 2.24) is 10.6 Å². The van der Waals surface area contributed by atoms with Gasteiger partial charge < -0.3 is 20.5 Å². The number of nitrogens with one attached hydrogen (secondary N) is 2. The van der Waals surface area contributed by atoms with Crippen LogP contribution in [0.1, 0.15) is 23.6 Å². The molecule has 0 fully saturated rings. The summed E-state index contributed by atoms with van der Waals surface area (Å²) >= 11 is 0. The van der Waals surface area contributed by atoms with Crippen molar-refractivity contribution < 1.29 is 14.6 Å². The van der Waals surface area contributed by atoms with E-state index in [4.69, 9.17) is 4.74 Å². The van der Waals surface area contributed by atoms with E-state index >= 15 is 0 Å². The molecule has 0 heterocycles. The fourth-order valence-corrected chi connectivity index (χ4v) is 2.75. The van der Waals surface area contributed by atoms with E-state index in [0.717, 1.165) is 11.1 Å². The number of phenolic OH excluding ortho intramolecular Hbond substituents is 1. The van der Waals surface area contributed by atoms with E-state index in [1.807, 2.05) is 43.3 Å². The number of allylic oxidation sites excluding steroid dienone is 2. The highest BCUT2D eigenvalue weighted by atomic mass is 16.5. The Morgan fingerprint density at radius 3 is 2.33 bits per heavy atom. The Labute approximate surface area is 178 Å². The molecule has 0 spiro atoms. The summed E-state index contributed by atoms with van der Waals surface area (Å²) < 4.78 is 5.94. The van der Waals surface area contributed by atoms with Gasteiger partial charge in [-0.25, -0.2) is 0 Å². The molecule has 3 N–H and O–H groups in total. The lowest BCUT2D eigenvalue weighted by molar-refractivity contribution is -0.117. The minimum atomic E-state index is -0.158. The van der Waals surface area contributed by atoms with Gasteiger partial charge in [0.2, 0.25) is 5.91 Å². The van der Waals surface area contributed by atoms with Crippen LogP contribution in [0, 0.1) is 6.92 Å². The standard InChI is InChI=1S/C25H30N2O3/c1-5-23(26-4)24(30-15-14-20-10-12-22(28)13-11-20)16-19(3)25(29)27-17-21-8-6-18(2)7-9-21/h5-13,16,26,28H,1,14-15,17H2,2-4H3,(H,27,29)/b19-16+,24-23-. The first kappa shape index (κ1) is 22.8. The maximum Gasteiger partial charge on any atom is 0.247 e. The van der Waals surface area contributed by atoms with Gasteiger partial charge in [0.25, 0.3) is 0 Å². The number of hydrogen-bond acceptors (Lipinski definition) is 4. The molecule has 0 aliphatic heterocycles. The van der Waals surface area contributed by atoms with E-state index in [-0.39, 0.29) is 11.7 Å². The van der Waals surface area contributed by atoms with Crippen molar-refractivity contribution in [2.45, 2.75) is 26.8 Å². The molecule has 0 unspecified atom stereocenters. The smallest absolute Gasteiger partial charge is 0.247 e. The summed E-state index contributed by atoms with van der Waals surface area (Å²) in [5, 5.41) is 15.4. The molecule has 0 saturated heterocycles. The topological polar surface area (TPSA) is 70.6 Å². The summed E-state index contributed by atoms with van der Waals surface area (Å²) in [6.07, 6.45) is 4.04. The first-order chi connectivity index (χ1) is 14.4. The van der Waals surface area contributed by atoms with Crippen LogP contribution in [0.2, 0.25) is 0 Å². The summed E-state index contributed by atoms with van der Waals surface area (Å²) in [5.41, 5.74) is 4.52. The molecule has 0 atom stereocenters. The average Bonchev–Trinajstić information content (AvgIpc) is 2.75. The van der Waals surface area contributed by atoms with Gasteiger partial charge in [0.15, 0.2) is 0 Å². The molecule has 2 aromatic rings. The summed E-state index contributed by atoms with van der Waals surface area (Å²) in [6, 6.07) is 15.1. The van der Waals surface area contributed by atoms with Gasteiger partial charge in [0, 0.05) is 25.6 Å². The lowest BCUT2D eigenvalue weighted by atomic mass is 10.1. The van der Waals surface area contributed by atoms with E-state index in [9.17, 15) is 9.90 Å². The van der Waals surface area contributed by atoms with Crippen molar-refractivity contribution in [1.29, 1.82) is 0 Å². The summed E-state index contributed by atoms with van der Waals surface area (Å²) in [4.78, 5) is 12.5. The maximum absolute atomic E-state index is 12.5. The number of phenols is 1. The molecule has 5 nitrogen and oxygen atoms in total. The van der Waals surface area contributed by atoms with Gasteiger partial charge in [-0.3, -0.25) is 4.79 Å². The predicted molar refractivity (Wildman–Crippen MR) is 121 cm³/mol. The number of amides is 1. The van der Waals surface area contributed by atoms with Gasteiger partial charge in [0.05, 0.1) is 12.3 Å². The number of carbonyl (C=O) groups excluding carboxylic acids is 1. The van der Waals surface area contributed by atoms with Crippen LogP contribution in [-0.4, -0.2) is 24.7 Å². The highest BCUT2D eigenvalue weighted by molar-refractivity contribution is 5.93. The van der Waals surface area contributed by atoms with Gasteiger partial charge in [-0.05, 0) is 49.3 Å². The third-order valence-electron chi connectivity index (χ3n) is 4.60. The molecule has 0 aliphatic carbocycles. The Morgan fingerprint density at radius 1 is 1.10 bits per heavy atom. The quantitative estimate of drug-likeness (QED) is 0.315. The third kappa shape index (κ3) is 7.17. The Hall–Kier alpha value is -3.47. The Balaban J connectivity index is 2.02. The molecule has 0 bridgehead atoms. The van der Waals surface area contributed by atoms with Crippen LogP contribution < -0.4 is 10.6 Å². The zero-order chi connectivity index (χ0) is 21.9. The molecule has 0 saturated carbocycles. The number of aryl methyl sites for hydroxylation is 1. The molecular formula is C25H30N2O3. The van der Waals surface area contributed by atoms with Gasteiger partial charge >= 0.3 is 0 Å². The van der Waals surface area contributed by atoms with E-state index in [0.29, 0.717) is 36.6 Å². The van der Waals surface area contributed by atoms with Gasteiger partial charge in [-0.15, -0.1) is 0 Å². The SMILES string of the molecule is C=C/C(NC)=C(\C=C(/C)C(=O)NCc1ccc(C)cc1)OCCc1ccc(O)cc1. The van der Waals surface area contributed by atoms with Crippen LogP contribution in [0.5, 0.6) is 5.75 Å². The molecule has 158 valence electrons. The van der Waals surface area contributed by atoms with Crippen LogP contribution in [0.25, 0.3) is 0 Å². The van der Waals surface area contributed by atoms with Crippen molar-refractivity contribution in [3.63, 3.8) is 0 Å². The molecule has 0 radical (unpaired) electrons. The second-order valence-electron chi connectivity index (χ2n) is 6.99. The second kappa shape index (κ2) is 11.5. The summed E-state index contributed by atoms with van der Waals surface area (Å²) in [5.74, 6) is 0.628. The first-order valence-corrected chi connectivity index (χ1v) is 9.90. The average molecular weight is 407 g/mol. The molecule has 0 aromatic heterocycles. The predicted octanol–water partition coefficient (Wildman–Crippen LogP) is 4.14. The number of hydrogen-bond donors (Lipinski definition) is 3. The first-order valence-electron chi connectivity index (χ1n) is 9.90. The van der Waals surface area contributed by atoms with Crippen LogP contribution in [0.3, 0.4) is 0 Å². The lowest BCUT2D eigenvalue weighted by Gasteiger charge is -2.13. The lowest BCUT2D eigenvalue weighted by Crippen LogP contribution is -2.23. The number of aromatic hydroxyl groups is 1. The third-order valence-corrected chi connectivity index (χ3v) is 4.60. The Bertz CT molecular complexity index is 910. The minimum Gasteiger partial charge on any atom is -0.508 e. The van der Waals surface area contributed by atoms with Gasteiger partial charge in [0.1, 0.15) is 11.5 Å². The highest BCUT2D eigenvalue weighted by Gasteiger charge is 2.09. The van der Waals surface area contributed by atoms with E-state index < -0.39 is 0 Å². The Morgan fingerprint density at radius 2 is 1.73 bits per heavy atom. The number of carbonyl (C=O) groups is 1. The van der Waals surface area contributed by atoms with Crippen molar-refractivity contribution in [2.24, 2.45) is 0 Å². The molecular weight excluding hydrogens is 376 g/mol. The summed E-state index contributed by atoms with van der Waals surface area (Å²) in [6.45, 7) is 8.48. The fraction of sp³-hybridized carbons (Fsp3) is 0.240. The minimum absolute atomic E-state index is 0.158.